The summed E-state index contributed by atoms with van der Waals surface area (Å²) in [4.78, 5) is 0. The first-order valence-electron chi connectivity index (χ1n) is 5.26. The lowest BCUT2D eigenvalue weighted by Crippen LogP contribution is -2.11. The van der Waals surface area contributed by atoms with Crippen LogP contribution >= 0.6 is 15.9 Å². The summed E-state index contributed by atoms with van der Waals surface area (Å²) >= 11 is 3.59. The molecule has 76 valence electrons. The van der Waals surface area contributed by atoms with E-state index in [-0.39, 0.29) is 0 Å². The molecule has 1 N–H and O–H groups in total. The number of nitrogens with one attached hydrogen (secondary N) is 1. The van der Waals surface area contributed by atoms with Crippen molar-refractivity contribution in [2.24, 2.45) is 0 Å². The maximum Gasteiger partial charge on any atom is 0.0180 e. The number of benzene rings is 1. The van der Waals surface area contributed by atoms with Crippen LogP contribution in [0.2, 0.25) is 0 Å². The van der Waals surface area contributed by atoms with Crippen LogP contribution < -0.4 is 5.32 Å². The summed E-state index contributed by atoms with van der Waals surface area (Å²) in [5, 5.41) is 3.21. The van der Waals surface area contributed by atoms with Gasteiger partial charge in [-0.05, 0) is 68.1 Å². The van der Waals surface area contributed by atoms with Gasteiger partial charge in [0.2, 0.25) is 0 Å². The van der Waals surface area contributed by atoms with Crippen molar-refractivity contribution >= 4 is 15.9 Å². The molecule has 0 atom stereocenters. The minimum absolute atomic E-state index is 1.07. The third kappa shape index (κ3) is 2.01. The van der Waals surface area contributed by atoms with E-state index in [1.165, 1.54) is 29.3 Å². The maximum atomic E-state index is 3.59. The van der Waals surface area contributed by atoms with Gasteiger partial charge in [0.15, 0.2) is 0 Å². The molecule has 0 bridgehead atoms. The smallest absolute Gasteiger partial charge is 0.0180 e. The molecule has 0 radical (unpaired) electrons. The lowest BCUT2D eigenvalue weighted by molar-refractivity contribution is 0.784. The van der Waals surface area contributed by atoms with Crippen LogP contribution in [0.4, 0.5) is 0 Å². The fraction of sp³-hybridized carbons (Fsp3) is 0.500. The van der Waals surface area contributed by atoms with E-state index in [9.17, 15) is 0 Å². The third-order valence-corrected chi connectivity index (χ3v) is 3.37. The summed E-state index contributed by atoms with van der Waals surface area (Å²) in [6.07, 6.45) is 5.03. The minimum atomic E-state index is 1.07. The van der Waals surface area contributed by atoms with Gasteiger partial charge in [0.25, 0.3) is 0 Å². The Hall–Kier alpha value is -0.340. The largest absolute Gasteiger partial charge is 0.319 e. The third-order valence-electron chi connectivity index (χ3n) is 2.92. The fourth-order valence-corrected chi connectivity index (χ4v) is 2.79. The molecule has 1 aliphatic rings. The second-order valence-corrected chi connectivity index (χ2v) is 4.83. The van der Waals surface area contributed by atoms with E-state index >= 15 is 0 Å². The second-order valence-electron chi connectivity index (χ2n) is 3.91. The summed E-state index contributed by atoms with van der Waals surface area (Å²) in [6, 6.07) is 4.56. The van der Waals surface area contributed by atoms with Gasteiger partial charge in [0.05, 0.1) is 0 Å². The zero-order chi connectivity index (χ0) is 9.97. The number of hydrogen-bond donors (Lipinski definition) is 1. The number of fused-ring (bicyclic) bond motifs is 1. The van der Waals surface area contributed by atoms with Gasteiger partial charge in [0, 0.05) is 4.47 Å². The van der Waals surface area contributed by atoms with Gasteiger partial charge in [0.1, 0.15) is 0 Å². The van der Waals surface area contributed by atoms with Crippen LogP contribution in [0.1, 0.15) is 23.1 Å². The normalized spacial score (nSPS) is 14.4. The van der Waals surface area contributed by atoms with E-state index < -0.39 is 0 Å². The monoisotopic (exact) mass is 253 g/mol. The predicted octanol–water partition coefficient (Wildman–Crippen LogP) is 2.70. The zero-order valence-electron chi connectivity index (χ0n) is 8.57. The molecule has 0 fully saturated rings. The zero-order valence-corrected chi connectivity index (χ0v) is 10.2. The highest BCUT2D eigenvalue weighted by Crippen LogP contribution is 2.29. The van der Waals surface area contributed by atoms with Crippen molar-refractivity contribution in [2.45, 2.75) is 25.7 Å². The molecule has 0 amide bonds. The summed E-state index contributed by atoms with van der Waals surface area (Å²) in [5.41, 5.74) is 4.70. The quantitative estimate of drug-likeness (QED) is 0.874. The predicted molar refractivity (Wildman–Crippen MR) is 63.8 cm³/mol. The van der Waals surface area contributed by atoms with Gasteiger partial charge >= 0.3 is 0 Å². The number of likely N-dealkylation sites (N-methyl/N-ethyl adjacent to an activating group) is 1. The first-order chi connectivity index (χ1) is 6.81. The average Bonchev–Trinajstić information content (AvgIpc) is 2.61. The highest BCUT2D eigenvalue weighted by Gasteiger charge is 2.15. The van der Waals surface area contributed by atoms with E-state index in [2.05, 4.69) is 33.4 Å². The van der Waals surface area contributed by atoms with Gasteiger partial charge in [-0.25, -0.2) is 0 Å². The molecule has 1 nitrogen and oxygen atoms in total. The molecule has 0 unspecified atom stereocenters. The Labute approximate surface area is 94.0 Å². The molecule has 14 heavy (non-hydrogen) atoms. The van der Waals surface area contributed by atoms with Crippen LogP contribution in [0.25, 0.3) is 0 Å². The van der Waals surface area contributed by atoms with Gasteiger partial charge in [-0.2, -0.15) is 0 Å². The maximum absolute atomic E-state index is 3.59. The summed E-state index contributed by atoms with van der Waals surface area (Å²) in [7, 11) is 2.01. The Kier molecular flexibility index (Phi) is 3.24. The molecular weight excluding hydrogens is 238 g/mol. The second kappa shape index (κ2) is 4.45. The Balaban J connectivity index is 2.29. The molecule has 0 aromatic heterocycles. The fourth-order valence-electron chi connectivity index (χ4n) is 2.24. The van der Waals surface area contributed by atoms with E-state index in [4.69, 9.17) is 0 Å². The number of hydrogen-bond acceptors (Lipinski definition) is 1. The molecule has 2 rings (SSSR count). The van der Waals surface area contributed by atoms with E-state index in [1.807, 2.05) is 7.05 Å². The van der Waals surface area contributed by atoms with E-state index in [0.717, 1.165) is 13.0 Å². The summed E-state index contributed by atoms with van der Waals surface area (Å²) < 4.78 is 1.24. The van der Waals surface area contributed by atoms with Crippen molar-refractivity contribution in [3.63, 3.8) is 0 Å². The average molecular weight is 254 g/mol. The highest BCUT2D eigenvalue weighted by atomic mass is 79.9. The number of rotatable bonds is 3. The molecule has 0 heterocycles. The van der Waals surface area contributed by atoms with Crippen molar-refractivity contribution in [1.82, 2.24) is 5.32 Å². The van der Waals surface area contributed by atoms with Crippen LogP contribution in [0.5, 0.6) is 0 Å². The Morgan fingerprint density at radius 2 is 2.21 bits per heavy atom. The number of aryl methyl sites for hydroxylation is 1. The van der Waals surface area contributed by atoms with Crippen molar-refractivity contribution in [3.8, 4) is 0 Å². The van der Waals surface area contributed by atoms with Crippen LogP contribution in [-0.2, 0) is 19.3 Å². The first-order valence-corrected chi connectivity index (χ1v) is 6.05. The van der Waals surface area contributed by atoms with Crippen LogP contribution in [-0.4, -0.2) is 13.6 Å². The summed E-state index contributed by atoms with van der Waals surface area (Å²) in [5.74, 6) is 0. The van der Waals surface area contributed by atoms with Crippen LogP contribution in [0.3, 0.4) is 0 Å². The van der Waals surface area contributed by atoms with Crippen LogP contribution in [0.15, 0.2) is 16.6 Å². The molecular formula is C12H16BrN. The van der Waals surface area contributed by atoms with E-state index in [0.29, 0.717) is 0 Å². The highest BCUT2D eigenvalue weighted by molar-refractivity contribution is 9.10. The standard InChI is InChI=1S/C12H16BrN/c1-14-6-5-10-8-11(13)7-9-3-2-4-12(9)10/h7-8,14H,2-6H2,1H3. The van der Waals surface area contributed by atoms with Crippen LogP contribution in [0, 0.1) is 0 Å². The molecule has 1 aromatic carbocycles. The molecule has 0 saturated carbocycles. The van der Waals surface area contributed by atoms with Crippen molar-refractivity contribution in [2.75, 3.05) is 13.6 Å². The molecule has 2 heteroatoms. The van der Waals surface area contributed by atoms with Gasteiger partial charge < -0.3 is 5.32 Å². The number of halogens is 1. The van der Waals surface area contributed by atoms with Crippen molar-refractivity contribution < 1.29 is 0 Å². The van der Waals surface area contributed by atoms with Crippen molar-refractivity contribution in [1.29, 1.82) is 0 Å². The SMILES string of the molecule is CNCCc1cc(Br)cc2c1CCC2. The minimum Gasteiger partial charge on any atom is -0.319 e. The van der Waals surface area contributed by atoms with E-state index in [1.54, 1.807) is 11.1 Å². The molecule has 0 saturated heterocycles. The Morgan fingerprint density at radius 1 is 1.36 bits per heavy atom. The van der Waals surface area contributed by atoms with Gasteiger partial charge in [-0.15, -0.1) is 0 Å². The van der Waals surface area contributed by atoms with Crippen molar-refractivity contribution in [3.05, 3.63) is 33.3 Å². The molecule has 1 aromatic rings. The Bertz CT molecular complexity index is 333. The first kappa shape index (κ1) is 10.2. The summed E-state index contributed by atoms with van der Waals surface area (Å²) in [6.45, 7) is 1.07. The molecule has 1 aliphatic carbocycles. The lowest BCUT2D eigenvalue weighted by Gasteiger charge is -2.09. The molecule has 0 spiro atoms. The molecule has 0 aliphatic heterocycles. The topological polar surface area (TPSA) is 12.0 Å². The Morgan fingerprint density at radius 3 is 3.00 bits per heavy atom. The van der Waals surface area contributed by atoms with Gasteiger partial charge in [-0.3, -0.25) is 0 Å². The lowest BCUT2D eigenvalue weighted by atomic mass is 10.0. The van der Waals surface area contributed by atoms with Gasteiger partial charge in [-0.1, -0.05) is 15.9 Å².